The summed E-state index contributed by atoms with van der Waals surface area (Å²) >= 11 is 0. The molecule has 0 saturated heterocycles. The molecule has 0 aliphatic rings. The van der Waals surface area contributed by atoms with Crippen molar-refractivity contribution in [2.24, 2.45) is 0 Å². The van der Waals surface area contributed by atoms with E-state index in [1.54, 1.807) is 12.1 Å². The highest BCUT2D eigenvalue weighted by atomic mass is 16.5. The highest BCUT2D eigenvalue weighted by Gasteiger charge is 2.25. The van der Waals surface area contributed by atoms with Crippen LogP contribution < -0.4 is 9.80 Å². The van der Waals surface area contributed by atoms with Crippen molar-refractivity contribution in [2.45, 2.75) is 0 Å². The maximum absolute atomic E-state index is 12.5. The number of anilines is 4. The molecule has 0 radical (unpaired) electrons. The van der Waals surface area contributed by atoms with Crippen LogP contribution in [0.5, 0.6) is 0 Å². The zero-order chi connectivity index (χ0) is 21.7. The molecule has 6 heteroatoms. The van der Waals surface area contributed by atoms with Gasteiger partial charge >= 0.3 is 11.9 Å². The molecule has 3 rings (SSSR count). The van der Waals surface area contributed by atoms with E-state index < -0.39 is 11.9 Å². The smallest absolute Gasteiger partial charge is 0.338 e. The highest BCUT2D eigenvalue weighted by Crippen LogP contribution is 2.38. The van der Waals surface area contributed by atoms with Gasteiger partial charge in [-0.2, -0.15) is 0 Å². The minimum absolute atomic E-state index is 0.146. The molecular formula is C24H24N2O4. The molecule has 3 aromatic carbocycles. The number of benzene rings is 3. The van der Waals surface area contributed by atoms with Gasteiger partial charge in [-0.25, -0.2) is 9.59 Å². The average molecular weight is 404 g/mol. The van der Waals surface area contributed by atoms with E-state index in [1.807, 2.05) is 84.6 Å². The molecule has 0 bridgehead atoms. The summed E-state index contributed by atoms with van der Waals surface area (Å²) in [6.45, 7) is 0. The van der Waals surface area contributed by atoms with Crippen LogP contribution in [0.1, 0.15) is 20.7 Å². The van der Waals surface area contributed by atoms with E-state index in [0.717, 1.165) is 22.7 Å². The lowest BCUT2D eigenvalue weighted by molar-refractivity contribution is 0.0555. The van der Waals surface area contributed by atoms with Gasteiger partial charge in [-0.3, -0.25) is 0 Å². The molecule has 0 unspecified atom stereocenters. The van der Waals surface area contributed by atoms with Crippen LogP contribution in [0, 0.1) is 0 Å². The van der Waals surface area contributed by atoms with Crippen LogP contribution in [0.2, 0.25) is 0 Å². The van der Waals surface area contributed by atoms with Crippen molar-refractivity contribution in [3.05, 3.63) is 83.9 Å². The molecule has 0 aliphatic carbocycles. The third-order valence-corrected chi connectivity index (χ3v) is 4.94. The summed E-state index contributed by atoms with van der Waals surface area (Å²) < 4.78 is 9.84. The van der Waals surface area contributed by atoms with E-state index in [4.69, 9.17) is 9.47 Å². The Bertz CT molecular complexity index is 951. The van der Waals surface area contributed by atoms with Crippen molar-refractivity contribution in [1.82, 2.24) is 0 Å². The van der Waals surface area contributed by atoms with Crippen LogP contribution in [0.15, 0.2) is 72.8 Å². The molecule has 0 atom stereocenters. The summed E-state index contributed by atoms with van der Waals surface area (Å²) in [6.07, 6.45) is 0. The van der Waals surface area contributed by atoms with Gasteiger partial charge in [0.1, 0.15) is 0 Å². The minimum Gasteiger partial charge on any atom is -0.465 e. The molecule has 0 aliphatic heterocycles. The number of hydrogen-bond donors (Lipinski definition) is 0. The molecule has 0 aromatic heterocycles. The average Bonchev–Trinajstić information content (AvgIpc) is 2.82. The van der Waals surface area contributed by atoms with Crippen molar-refractivity contribution in [2.75, 3.05) is 38.1 Å². The quantitative estimate of drug-likeness (QED) is 0.550. The van der Waals surface area contributed by atoms with Crippen molar-refractivity contribution in [3.63, 3.8) is 0 Å². The van der Waals surface area contributed by atoms with Crippen molar-refractivity contribution in [1.29, 1.82) is 0 Å². The Morgan fingerprint density at radius 2 is 0.967 bits per heavy atom. The molecular weight excluding hydrogens is 380 g/mol. The summed E-state index contributed by atoms with van der Waals surface area (Å²) in [4.78, 5) is 28.8. The summed E-state index contributed by atoms with van der Waals surface area (Å²) in [5, 5.41) is 0. The monoisotopic (exact) mass is 404 g/mol. The molecule has 3 aromatic rings. The molecule has 0 amide bonds. The first-order valence-corrected chi connectivity index (χ1v) is 9.40. The lowest BCUT2D eigenvalue weighted by Gasteiger charge is -2.29. The number of methoxy groups -OCH3 is 2. The second-order valence-corrected chi connectivity index (χ2v) is 6.66. The molecule has 154 valence electrons. The predicted molar refractivity (Wildman–Crippen MR) is 118 cm³/mol. The van der Waals surface area contributed by atoms with Crippen LogP contribution in [-0.2, 0) is 9.47 Å². The van der Waals surface area contributed by atoms with Crippen LogP contribution >= 0.6 is 0 Å². The van der Waals surface area contributed by atoms with Gasteiger partial charge in [0.2, 0.25) is 0 Å². The fourth-order valence-corrected chi connectivity index (χ4v) is 3.25. The van der Waals surface area contributed by atoms with Gasteiger partial charge in [0.25, 0.3) is 0 Å². The van der Waals surface area contributed by atoms with Gasteiger partial charge in [0.05, 0.1) is 36.7 Å². The second kappa shape index (κ2) is 9.13. The number of rotatable bonds is 6. The van der Waals surface area contributed by atoms with Crippen molar-refractivity contribution >= 4 is 34.7 Å². The topological polar surface area (TPSA) is 59.1 Å². The summed E-state index contributed by atoms with van der Waals surface area (Å²) in [5.41, 5.74) is 3.63. The standard InChI is InChI=1S/C24H24N2O4/c1-25(17-11-7-5-8-12-17)21-15-19(23(27)29-3)20(24(28)30-4)16-22(21)26(2)18-13-9-6-10-14-18/h5-16H,1-4H3. The normalized spacial score (nSPS) is 10.3. The third-order valence-electron chi connectivity index (χ3n) is 4.94. The molecule has 0 spiro atoms. The van der Waals surface area contributed by atoms with Crippen LogP contribution in [0.4, 0.5) is 22.7 Å². The van der Waals surface area contributed by atoms with Gasteiger partial charge < -0.3 is 19.3 Å². The Hall–Kier alpha value is -3.80. The first kappa shape index (κ1) is 20.9. The number of nitrogens with zero attached hydrogens (tertiary/aromatic N) is 2. The van der Waals surface area contributed by atoms with Gasteiger partial charge in [-0.05, 0) is 36.4 Å². The van der Waals surface area contributed by atoms with Crippen LogP contribution in [-0.4, -0.2) is 40.3 Å². The minimum atomic E-state index is -0.605. The second-order valence-electron chi connectivity index (χ2n) is 6.66. The van der Waals surface area contributed by atoms with Gasteiger partial charge in [0.15, 0.2) is 0 Å². The van der Waals surface area contributed by atoms with E-state index in [1.165, 1.54) is 14.2 Å². The predicted octanol–water partition coefficient (Wildman–Crippen LogP) is 4.80. The highest BCUT2D eigenvalue weighted by molar-refractivity contribution is 6.06. The first-order valence-electron chi connectivity index (χ1n) is 9.40. The third kappa shape index (κ3) is 4.12. The van der Waals surface area contributed by atoms with Gasteiger partial charge in [-0.1, -0.05) is 36.4 Å². The number of para-hydroxylation sites is 2. The Morgan fingerprint density at radius 1 is 0.633 bits per heavy atom. The Morgan fingerprint density at radius 3 is 1.27 bits per heavy atom. The number of carbonyl (C=O) groups excluding carboxylic acids is 2. The maximum Gasteiger partial charge on any atom is 0.338 e. The van der Waals surface area contributed by atoms with Crippen LogP contribution in [0.3, 0.4) is 0 Å². The molecule has 0 heterocycles. The number of esters is 2. The first-order chi connectivity index (χ1) is 14.5. The van der Waals surface area contributed by atoms with Gasteiger partial charge in [-0.15, -0.1) is 0 Å². The Labute approximate surface area is 176 Å². The Kier molecular flexibility index (Phi) is 6.37. The lowest BCUT2D eigenvalue weighted by Crippen LogP contribution is -2.20. The van der Waals surface area contributed by atoms with Crippen LogP contribution in [0.25, 0.3) is 0 Å². The van der Waals surface area contributed by atoms with E-state index >= 15 is 0 Å². The zero-order valence-electron chi connectivity index (χ0n) is 17.5. The van der Waals surface area contributed by atoms with E-state index in [9.17, 15) is 9.59 Å². The van der Waals surface area contributed by atoms with E-state index in [2.05, 4.69) is 0 Å². The number of carbonyl (C=O) groups is 2. The summed E-state index contributed by atoms with van der Waals surface area (Å²) in [7, 11) is 6.39. The van der Waals surface area contributed by atoms with E-state index in [-0.39, 0.29) is 11.1 Å². The molecule has 6 nitrogen and oxygen atoms in total. The maximum atomic E-state index is 12.5. The molecule has 0 fully saturated rings. The largest absolute Gasteiger partial charge is 0.465 e. The summed E-state index contributed by atoms with van der Waals surface area (Å²) in [5.74, 6) is -1.21. The number of ether oxygens (including phenoxy) is 2. The van der Waals surface area contributed by atoms with Gasteiger partial charge in [0, 0.05) is 25.5 Å². The Balaban J connectivity index is 2.26. The molecule has 0 saturated carbocycles. The fraction of sp³-hybridized carbons (Fsp3) is 0.167. The SMILES string of the molecule is COC(=O)c1cc(N(C)c2ccccc2)c(N(C)c2ccccc2)cc1C(=O)OC. The van der Waals surface area contributed by atoms with E-state index in [0.29, 0.717) is 0 Å². The van der Waals surface area contributed by atoms with Crippen molar-refractivity contribution in [3.8, 4) is 0 Å². The molecule has 0 N–H and O–H groups in total. The fourth-order valence-electron chi connectivity index (χ4n) is 3.25. The zero-order valence-corrected chi connectivity index (χ0v) is 17.5. The summed E-state index contributed by atoms with van der Waals surface area (Å²) in [6, 6.07) is 22.9. The lowest BCUT2D eigenvalue weighted by atomic mass is 10.0. The molecule has 30 heavy (non-hydrogen) atoms. The number of hydrogen-bond acceptors (Lipinski definition) is 6. The van der Waals surface area contributed by atoms with Crippen molar-refractivity contribution < 1.29 is 19.1 Å².